The number of H-pyrrole nitrogens is 1. The molecule has 0 aliphatic carbocycles. The van der Waals surface area contributed by atoms with Crippen molar-refractivity contribution in [2.45, 2.75) is 6.92 Å². The van der Waals surface area contributed by atoms with Crippen LogP contribution in [0.2, 0.25) is 0 Å². The lowest BCUT2D eigenvalue weighted by atomic mass is 10.3. The zero-order valence-electron chi connectivity index (χ0n) is 8.22. The van der Waals surface area contributed by atoms with Crippen LogP contribution in [-0.2, 0) is 0 Å². The van der Waals surface area contributed by atoms with Gasteiger partial charge < -0.3 is 0 Å². The minimum atomic E-state index is -1.23. The summed E-state index contributed by atoms with van der Waals surface area (Å²) >= 11 is 4.94. The van der Waals surface area contributed by atoms with Crippen molar-refractivity contribution in [3.05, 3.63) is 46.0 Å². The van der Waals surface area contributed by atoms with E-state index in [1.165, 1.54) is 4.68 Å². The molecule has 2 nitrogen and oxygen atoms in total. The van der Waals surface area contributed by atoms with E-state index in [1.807, 2.05) is 0 Å². The van der Waals surface area contributed by atoms with Gasteiger partial charge in [0.15, 0.2) is 17.5 Å². The highest BCUT2D eigenvalue weighted by molar-refractivity contribution is 7.71. The standard InChI is InChI=1S/C10H7F3N2S/c1-5-2-10(16)15(14-5)9-4-7(12)6(11)3-8(9)13/h2-4,14H,1H3. The predicted octanol–water partition coefficient (Wildman–Crippen LogP) is 3.26. The quantitative estimate of drug-likeness (QED) is 0.603. The van der Waals surface area contributed by atoms with Gasteiger partial charge in [0.25, 0.3) is 0 Å². The van der Waals surface area contributed by atoms with Crippen LogP contribution in [0.15, 0.2) is 18.2 Å². The molecular formula is C10H7F3N2S. The predicted molar refractivity (Wildman–Crippen MR) is 55.6 cm³/mol. The van der Waals surface area contributed by atoms with Crippen molar-refractivity contribution in [2.75, 3.05) is 0 Å². The fraction of sp³-hybridized carbons (Fsp3) is 0.100. The summed E-state index contributed by atoms with van der Waals surface area (Å²) in [5.74, 6) is -3.22. The molecule has 2 rings (SSSR count). The lowest BCUT2D eigenvalue weighted by molar-refractivity contribution is 0.491. The van der Waals surface area contributed by atoms with Crippen LogP contribution >= 0.6 is 12.2 Å². The lowest BCUT2D eigenvalue weighted by Gasteiger charge is -2.05. The first-order chi connectivity index (χ1) is 7.49. The van der Waals surface area contributed by atoms with Crippen LogP contribution in [-0.4, -0.2) is 9.78 Å². The largest absolute Gasteiger partial charge is 0.297 e. The third-order valence-corrected chi connectivity index (χ3v) is 2.38. The number of nitrogens with one attached hydrogen (secondary N) is 1. The Kier molecular flexibility index (Phi) is 2.59. The smallest absolute Gasteiger partial charge is 0.161 e. The molecule has 16 heavy (non-hydrogen) atoms. The van der Waals surface area contributed by atoms with Crippen LogP contribution in [0.4, 0.5) is 13.2 Å². The van der Waals surface area contributed by atoms with Crippen molar-refractivity contribution in [3.8, 4) is 5.69 Å². The lowest BCUT2D eigenvalue weighted by Crippen LogP contribution is -2.02. The van der Waals surface area contributed by atoms with Gasteiger partial charge in [-0.15, -0.1) is 0 Å². The SMILES string of the molecule is Cc1cc(=S)n(-c2cc(F)c(F)cc2F)[nH]1. The summed E-state index contributed by atoms with van der Waals surface area (Å²) in [6, 6.07) is 2.84. The number of nitrogens with zero attached hydrogens (tertiary/aromatic N) is 1. The molecule has 0 fully saturated rings. The van der Waals surface area contributed by atoms with Crippen LogP contribution < -0.4 is 0 Å². The average Bonchev–Trinajstić information content (AvgIpc) is 2.51. The Morgan fingerprint density at radius 3 is 2.25 bits per heavy atom. The minimum Gasteiger partial charge on any atom is -0.297 e. The van der Waals surface area contributed by atoms with E-state index in [0.717, 1.165) is 6.07 Å². The molecule has 1 aromatic heterocycles. The second-order valence-corrected chi connectivity index (χ2v) is 3.75. The van der Waals surface area contributed by atoms with Gasteiger partial charge in [-0.1, -0.05) is 12.2 Å². The van der Waals surface area contributed by atoms with Gasteiger partial charge in [0.1, 0.15) is 10.3 Å². The fourth-order valence-corrected chi connectivity index (χ4v) is 1.70. The summed E-state index contributed by atoms with van der Waals surface area (Å²) in [5, 5.41) is 2.73. The van der Waals surface area contributed by atoms with Crippen molar-refractivity contribution >= 4 is 12.2 Å². The number of aromatic nitrogens is 2. The van der Waals surface area contributed by atoms with E-state index in [9.17, 15) is 13.2 Å². The van der Waals surface area contributed by atoms with E-state index in [0.29, 0.717) is 16.4 Å². The Morgan fingerprint density at radius 1 is 1.06 bits per heavy atom. The number of aromatic amines is 1. The van der Waals surface area contributed by atoms with E-state index < -0.39 is 17.5 Å². The molecule has 0 aliphatic heterocycles. The molecule has 0 unspecified atom stereocenters. The first-order valence-electron chi connectivity index (χ1n) is 4.42. The second-order valence-electron chi connectivity index (χ2n) is 3.33. The van der Waals surface area contributed by atoms with Crippen LogP contribution in [0.1, 0.15) is 5.69 Å². The van der Waals surface area contributed by atoms with Crippen LogP contribution in [0.5, 0.6) is 0 Å². The Labute approximate surface area is 94.3 Å². The average molecular weight is 244 g/mol. The molecule has 1 aromatic carbocycles. The third kappa shape index (κ3) is 1.76. The van der Waals surface area contributed by atoms with E-state index in [2.05, 4.69) is 5.10 Å². The van der Waals surface area contributed by atoms with Gasteiger partial charge in [0, 0.05) is 17.8 Å². The molecule has 1 N–H and O–H groups in total. The maximum absolute atomic E-state index is 13.4. The third-order valence-electron chi connectivity index (χ3n) is 2.08. The van der Waals surface area contributed by atoms with Gasteiger partial charge in [-0.05, 0) is 13.0 Å². The molecule has 0 atom stereocenters. The van der Waals surface area contributed by atoms with E-state index in [4.69, 9.17) is 12.2 Å². The van der Waals surface area contributed by atoms with Gasteiger partial charge >= 0.3 is 0 Å². The first-order valence-corrected chi connectivity index (χ1v) is 4.83. The Hall–Kier alpha value is -1.56. The molecule has 0 aliphatic rings. The van der Waals surface area contributed by atoms with Crippen LogP contribution in [0.25, 0.3) is 5.69 Å². The molecule has 0 saturated heterocycles. The number of aryl methyl sites for hydroxylation is 1. The maximum Gasteiger partial charge on any atom is 0.161 e. The summed E-state index contributed by atoms with van der Waals surface area (Å²) in [6.45, 7) is 1.73. The highest BCUT2D eigenvalue weighted by Gasteiger charge is 2.12. The Morgan fingerprint density at radius 2 is 1.69 bits per heavy atom. The zero-order chi connectivity index (χ0) is 11.9. The molecular weight excluding hydrogens is 237 g/mol. The highest BCUT2D eigenvalue weighted by Crippen LogP contribution is 2.18. The summed E-state index contributed by atoms with van der Waals surface area (Å²) < 4.78 is 40.6. The molecule has 0 radical (unpaired) electrons. The number of hydrogen-bond acceptors (Lipinski definition) is 1. The van der Waals surface area contributed by atoms with Gasteiger partial charge in [-0.3, -0.25) is 5.10 Å². The monoisotopic (exact) mass is 244 g/mol. The fourth-order valence-electron chi connectivity index (χ4n) is 1.38. The molecule has 6 heteroatoms. The van der Waals surface area contributed by atoms with Crippen LogP contribution in [0, 0.1) is 29.0 Å². The number of benzene rings is 1. The van der Waals surface area contributed by atoms with Gasteiger partial charge in [-0.25, -0.2) is 17.9 Å². The molecule has 0 saturated carbocycles. The zero-order valence-corrected chi connectivity index (χ0v) is 9.04. The van der Waals surface area contributed by atoms with E-state index in [-0.39, 0.29) is 5.69 Å². The summed E-state index contributed by atoms with van der Waals surface area (Å²) in [7, 11) is 0. The number of halogens is 3. The normalized spacial score (nSPS) is 10.8. The number of hydrogen-bond donors (Lipinski definition) is 1. The topological polar surface area (TPSA) is 20.7 Å². The summed E-state index contributed by atoms with van der Waals surface area (Å²) in [5.41, 5.74) is 0.561. The van der Waals surface area contributed by atoms with Gasteiger partial charge in [0.05, 0.1) is 0 Å². The van der Waals surface area contributed by atoms with E-state index in [1.54, 1.807) is 13.0 Å². The van der Waals surface area contributed by atoms with E-state index >= 15 is 0 Å². The second kappa shape index (κ2) is 3.79. The van der Waals surface area contributed by atoms with Crippen molar-refractivity contribution < 1.29 is 13.2 Å². The molecule has 1 heterocycles. The Balaban J connectivity index is 2.69. The molecule has 84 valence electrons. The van der Waals surface area contributed by atoms with Crippen LogP contribution in [0.3, 0.4) is 0 Å². The molecule has 0 bridgehead atoms. The first kappa shape index (κ1) is 10.9. The van der Waals surface area contributed by atoms with Gasteiger partial charge in [0.2, 0.25) is 0 Å². The van der Waals surface area contributed by atoms with Crippen molar-refractivity contribution in [3.63, 3.8) is 0 Å². The molecule has 0 spiro atoms. The maximum atomic E-state index is 13.4. The van der Waals surface area contributed by atoms with Crippen molar-refractivity contribution in [1.82, 2.24) is 9.78 Å². The molecule has 0 amide bonds. The van der Waals surface area contributed by atoms with Crippen molar-refractivity contribution in [1.29, 1.82) is 0 Å². The highest BCUT2D eigenvalue weighted by atomic mass is 32.1. The summed E-state index contributed by atoms with van der Waals surface area (Å²) in [4.78, 5) is 0. The van der Waals surface area contributed by atoms with Crippen molar-refractivity contribution in [2.24, 2.45) is 0 Å². The number of rotatable bonds is 1. The molecule has 2 aromatic rings. The summed E-state index contributed by atoms with van der Waals surface area (Å²) in [6.07, 6.45) is 0. The minimum absolute atomic E-state index is 0.142. The Bertz CT molecular complexity index is 601. The van der Waals surface area contributed by atoms with Gasteiger partial charge in [-0.2, -0.15) is 0 Å².